The first-order chi connectivity index (χ1) is 16.7. The second kappa shape index (κ2) is 10.2. The lowest BCUT2D eigenvalue weighted by atomic mass is 10.00. The van der Waals surface area contributed by atoms with E-state index in [2.05, 4.69) is 29.2 Å². The summed E-state index contributed by atoms with van der Waals surface area (Å²) in [4.78, 5) is 43.8. The second-order valence-corrected chi connectivity index (χ2v) is 8.96. The topological polar surface area (TPSA) is 110 Å². The van der Waals surface area contributed by atoms with Gasteiger partial charge in [0.2, 0.25) is 17.7 Å². The van der Waals surface area contributed by atoms with E-state index in [-0.39, 0.29) is 18.9 Å². The van der Waals surface area contributed by atoms with E-state index in [1.807, 2.05) is 42.5 Å². The number of benzene rings is 1. The van der Waals surface area contributed by atoms with Crippen LogP contribution in [0.3, 0.4) is 0 Å². The lowest BCUT2D eigenvalue weighted by molar-refractivity contribution is -0.139. The van der Waals surface area contributed by atoms with Gasteiger partial charge in [-0.25, -0.2) is 9.18 Å². The Bertz CT molecular complexity index is 1240. The Kier molecular flexibility index (Phi) is 7.09. The van der Waals surface area contributed by atoms with E-state index < -0.39 is 42.4 Å². The van der Waals surface area contributed by atoms with Crippen LogP contribution in [-0.4, -0.2) is 50.2 Å². The fraction of sp³-hybridized carbons (Fsp3) is 0.400. The first-order valence-corrected chi connectivity index (χ1v) is 11.5. The molecular weight excluding hydrogens is 453 g/mol. The summed E-state index contributed by atoms with van der Waals surface area (Å²) < 4.78 is 20.1. The lowest BCUT2D eigenvalue weighted by Crippen LogP contribution is -2.48. The third-order valence-corrected chi connectivity index (χ3v) is 6.06. The summed E-state index contributed by atoms with van der Waals surface area (Å²) in [5, 5.41) is 6.81. The van der Waals surface area contributed by atoms with Crippen molar-refractivity contribution in [1.29, 1.82) is 0 Å². The van der Waals surface area contributed by atoms with E-state index in [9.17, 15) is 18.8 Å². The number of aromatic nitrogens is 3. The molecular formula is C25H28FN5O4. The molecule has 1 fully saturated rings. The summed E-state index contributed by atoms with van der Waals surface area (Å²) in [7, 11) is 0. The van der Waals surface area contributed by atoms with Crippen LogP contribution < -0.4 is 11.1 Å². The molecule has 2 aromatic heterocycles. The van der Waals surface area contributed by atoms with Gasteiger partial charge in [0.15, 0.2) is 0 Å². The highest BCUT2D eigenvalue weighted by atomic mass is 19.1. The molecule has 1 aliphatic rings. The number of pyridine rings is 1. The monoisotopic (exact) mass is 481 g/mol. The first kappa shape index (κ1) is 24.3. The van der Waals surface area contributed by atoms with Gasteiger partial charge >= 0.3 is 5.76 Å². The van der Waals surface area contributed by atoms with Crippen molar-refractivity contribution in [2.45, 2.75) is 57.9 Å². The summed E-state index contributed by atoms with van der Waals surface area (Å²) in [5.74, 6) is -1.44. The van der Waals surface area contributed by atoms with Crippen molar-refractivity contribution < 1.29 is 18.4 Å². The summed E-state index contributed by atoms with van der Waals surface area (Å²) in [5.41, 5.74) is 2.51. The summed E-state index contributed by atoms with van der Waals surface area (Å²) in [6.45, 7) is 4.95. The first-order valence-electron chi connectivity index (χ1n) is 11.5. The molecule has 3 atom stereocenters. The van der Waals surface area contributed by atoms with E-state index in [0.717, 1.165) is 20.7 Å². The van der Waals surface area contributed by atoms with Gasteiger partial charge < -0.3 is 14.6 Å². The van der Waals surface area contributed by atoms with Crippen molar-refractivity contribution in [1.82, 2.24) is 25.0 Å². The molecule has 10 heteroatoms. The normalized spacial score (nSPS) is 18.6. The average Bonchev–Trinajstić information content (AvgIpc) is 3.39. The number of nitrogens with one attached hydrogen (secondary N) is 1. The molecule has 0 radical (unpaired) electrons. The molecule has 3 heterocycles. The van der Waals surface area contributed by atoms with Gasteiger partial charge in [-0.3, -0.25) is 14.6 Å². The number of hydrogen-bond donors (Lipinski definition) is 1. The van der Waals surface area contributed by atoms with Gasteiger partial charge in [0.25, 0.3) is 0 Å². The number of halogens is 1. The van der Waals surface area contributed by atoms with Crippen LogP contribution in [0.25, 0.3) is 0 Å². The van der Waals surface area contributed by atoms with Gasteiger partial charge in [-0.2, -0.15) is 4.68 Å². The Hall–Kier alpha value is -3.82. The molecule has 0 aliphatic carbocycles. The zero-order valence-corrected chi connectivity index (χ0v) is 19.8. The fourth-order valence-corrected chi connectivity index (χ4v) is 4.18. The molecule has 184 valence electrons. The van der Waals surface area contributed by atoms with Crippen molar-refractivity contribution in [2.24, 2.45) is 0 Å². The Morgan fingerprint density at radius 1 is 1.17 bits per heavy atom. The minimum Gasteiger partial charge on any atom is -0.393 e. The van der Waals surface area contributed by atoms with Gasteiger partial charge in [0.05, 0.1) is 18.3 Å². The maximum Gasteiger partial charge on any atom is 0.437 e. The molecule has 1 N–H and O–H groups in total. The molecule has 3 aromatic rings. The van der Waals surface area contributed by atoms with Crippen LogP contribution in [-0.2, 0) is 16.1 Å². The molecule has 0 spiro atoms. The number of carbonyl (C=O) groups is 2. The van der Waals surface area contributed by atoms with Gasteiger partial charge in [-0.05, 0) is 23.1 Å². The van der Waals surface area contributed by atoms with E-state index in [1.165, 1.54) is 6.92 Å². The predicted molar refractivity (Wildman–Crippen MR) is 125 cm³/mol. The number of rotatable bonds is 7. The van der Waals surface area contributed by atoms with Crippen LogP contribution in [0.2, 0.25) is 0 Å². The maximum atomic E-state index is 14.4. The highest BCUT2D eigenvalue weighted by molar-refractivity contribution is 5.88. The molecule has 3 unspecified atom stereocenters. The molecule has 9 nitrogen and oxygen atoms in total. The Balaban J connectivity index is 1.56. The van der Waals surface area contributed by atoms with Crippen molar-refractivity contribution in [3.63, 3.8) is 0 Å². The summed E-state index contributed by atoms with van der Waals surface area (Å²) >= 11 is 0. The van der Waals surface area contributed by atoms with E-state index in [1.54, 1.807) is 6.20 Å². The van der Waals surface area contributed by atoms with Crippen LogP contribution >= 0.6 is 0 Å². The van der Waals surface area contributed by atoms with Gasteiger partial charge in [0.1, 0.15) is 18.8 Å². The van der Waals surface area contributed by atoms with Gasteiger partial charge in [-0.1, -0.05) is 50.2 Å². The van der Waals surface area contributed by atoms with E-state index >= 15 is 0 Å². The third kappa shape index (κ3) is 5.47. The van der Waals surface area contributed by atoms with Gasteiger partial charge in [0, 0.05) is 19.5 Å². The minimum atomic E-state index is -1.36. The number of nitrogens with zero attached hydrogens (tertiary/aromatic N) is 4. The molecule has 1 saturated heterocycles. The smallest absolute Gasteiger partial charge is 0.393 e. The predicted octanol–water partition coefficient (Wildman–Crippen LogP) is 2.51. The average molecular weight is 482 g/mol. The van der Waals surface area contributed by atoms with Crippen LogP contribution in [0.5, 0.6) is 0 Å². The zero-order chi connectivity index (χ0) is 25.1. The third-order valence-electron chi connectivity index (χ3n) is 6.06. The van der Waals surface area contributed by atoms with Gasteiger partial charge in [-0.15, -0.1) is 5.10 Å². The molecule has 0 saturated carbocycles. The highest BCUT2D eigenvalue weighted by Gasteiger charge is 2.40. The second-order valence-electron chi connectivity index (χ2n) is 8.96. The maximum absolute atomic E-state index is 14.4. The fourth-order valence-electron chi connectivity index (χ4n) is 4.18. The number of amides is 2. The number of carbonyl (C=O) groups excluding carboxylic acids is 2. The quantitative estimate of drug-likeness (QED) is 0.555. The Morgan fingerprint density at radius 2 is 1.91 bits per heavy atom. The summed E-state index contributed by atoms with van der Waals surface area (Å²) in [6.07, 6.45) is 0.290. The molecule has 0 bridgehead atoms. The molecule has 4 rings (SSSR count). The minimum absolute atomic E-state index is 0.114. The number of aryl methyl sites for hydroxylation is 1. The van der Waals surface area contributed by atoms with Crippen molar-refractivity contribution in [3.8, 4) is 0 Å². The standard InChI is InChI=1S/C25H28FN5O4/c1-15(2)18-9-10-20(27-12-18)23(17-7-5-4-6-8-17)28-24(33)21-11-19(26)13-30(21)22(32)14-31-25(34)35-16(3)29-31/h4-10,12,15,19,21,23H,11,13-14H2,1-3H3,(H,28,33). The molecule has 35 heavy (non-hydrogen) atoms. The number of likely N-dealkylation sites (tertiary alicyclic amines) is 1. The molecule has 2 amide bonds. The molecule has 1 aromatic carbocycles. The van der Waals surface area contributed by atoms with Crippen LogP contribution in [0, 0.1) is 6.92 Å². The van der Waals surface area contributed by atoms with Crippen LogP contribution in [0.1, 0.15) is 54.9 Å². The van der Waals surface area contributed by atoms with Crippen LogP contribution in [0.4, 0.5) is 4.39 Å². The van der Waals surface area contributed by atoms with E-state index in [4.69, 9.17) is 4.42 Å². The molecule has 1 aliphatic heterocycles. The van der Waals surface area contributed by atoms with E-state index in [0.29, 0.717) is 11.6 Å². The largest absolute Gasteiger partial charge is 0.437 e. The highest BCUT2D eigenvalue weighted by Crippen LogP contribution is 2.26. The van der Waals surface area contributed by atoms with Crippen LogP contribution in [0.15, 0.2) is 57.9 Å². The lowest BCUT2D eigenvalue weighted by Gasteiger charge is -2.26. The van der Waals surface area contributed by atoms with Crippen molar-refractivity contribution >= 4 is 11.8 Å². The van der Waals surface area contributed by atoms with Crippen molar-refractivity contribution in [2.75, 3.05) is 6.54 Å². The summed E-state index contributed by atoms with van der Waals surface area (Å²) in [6, 6.07) is 11.6. The Morgan fingerprint density at radius 3 is 2.51 bits per heavy atom. The number of alkyl halides is 1. The zero-order valence-electron chi connectivity index (χ0n) is 19.8. The van der Waals surface area contributed by atoms with Crippen molar-refractivity contribution in [3.05, 3.63) is 81.9 Å². The SMILES string of the molecule is Cc1nn(CC(=O)N2CC(F)CC2C(=O)NC(c2ccccc2)c2ccc(C(C)C)cn2)c(=O)o1. The number of hydrogen-bond acceptors (Lipinski definition) is 6. The Labute approximate surface area is 202 Å².